The molecule has 0 saturated heterocycles. The molecule has 114 valence electrons. The van der Waals surface area contributed by atoms with Crippen LogP contribution in [0.25, 0.3) is 11.2 Å². The molecule has 21 heavy (non-hydrogen) atoms. The first-order chi connectivity index (χ1) is 10.1. The number of alkyl halides is 1. The summed E-state index contributed by atoms with van der Waals surface area (Å²) in [6.07, 6.45) is 6.39. The molecule has 2 aromatic heterocycles. The second-order valence-electron chi connectivity index (χ2n) is 6.34. The molecule has 5 nitrogen and oxygen atoms in total. The molecular weight excluding hydrogens is 288 g/mol. The Hall–Kier alpha value is -1.36. The summed E-state index contributed by atoms with van der Waals surface area (Å²) in [5.41, 5.74) is 1.75. The Kier molecular flexibility index (Phi) is 3.78. The predicted octanol–water partition coefficient (Wildman–Crippen LogP) is 3.72. The fourth-order valence-corrected chi connectivity index (χ4v) is 3.65. The highest BCUT2D eigenvalue weighted by molar-refractivity contribution is 6.16. The van der Waals surface area contributed by atoms with Gasteiger partial charge in [0, 0.05) is 6.04 Å². The summed E-state index contributed by atoms with van der Waals surface area (Å²) in [5, 5.41) is 0. The third kappa shape index (κ3) is 2.37. The number of hydrogen-bond donors (Lipinski definition) is 0. The van der Waals surface area contributed by atoms with E-state index in [-0.39, 0.29) is 5.41 Å². The fraction of sp³-hybridized carbons (Fsp3) is 0.667. The van der Waals surface area contributed by atoms with E-state index in [4.69, 9.17) is 16.3 Å². The summed E-state index contributed by atoms with van der Waals surface area (Å²) in [5.74, 6) is 1.73. The van der Waals surface area contributed by atoms with Gasteiger partial charge in [-0.2, -0.15) is 4.98 Å². The Morgan fingerprint density at radius 3 is 2.86 bits per heavy atom. The number of aromatic nitrogens is 4. The minimum absolute atomic E-state index is 0.213. The molecular formula is C15H21ClN4O. The van der Waals surface area contributed by atoms with Crippen molar-refractivity contribution >= 4 is 22.8 Å². The number of nitrogens with zero attached hydrogens (tertiary/aromatic N) is 4. The molecule has 1 atom stereocenters. The lowest BCUT2D eigenvalue weighted by Crippen LogP contribution is -2.31. The van der Waals surface area contributed by atoms with E-state index < -0.39 is 0 Å². The monoisotopic (exact) mass is 308 g/mol. The van der Waals surface area contributed by atoms with Crippen LogP contribution in [0.1, 0.15) is 51.4 Å². The summed E-state index contributed by atoms with van der Waals surface area (Å²) in [4.78, 5) is 13.2. The maximum absolute atomic E-state index is 6.14. The Bertz CT molecular complexity index is 652. The van der Waals surface area contributed by atoms with Crippen molar-refractivity contribution in [3.05, 3.63) is 12.2 Å². The summed E-state index contributed by atoms with van der Waals surface area (Å²) in [6, 6.07) is 0.365. The first-order valence-electron chi connectivity index (χ1n) is 7.40. The largest absolute Gasteiger partial charge is 0.479 e. The van der Waals surface area contributed by atoms with Gasteiger partial charge in [-0.1, -0.05) is 26.7 Å². The Balaban J connectivity index is 2.21. The van der Waals surface area contributed by atoms with Crippen molar-refractivity contribution in [2.24, 2.45) is 5.41 Å². The van der Waals surface area contributed by atoms with Crippen molar-refractivity contribution in [2.75, 3.05) is 7.11 Å². The molecule has 1 fully saturated rings. The average Bonchev–Trinajstić information content (AvgIpc) is 2.85. The van der Waals surface area contributed by atoms with Crippen molar-refractivity contribution in [1.29, 1.82) is 0 Å². The molecule has 1 saturated carbocycles. The van der Waals surface area contributed by atoms with Crippen LogP contribution in [-0.4, -0.2) is 26.6 Å². The lowest BCUT2D eigenvalue weighted by Gasteiger charge is -2.40. The summed E-state index contributed by atoms with van der Waals surface area (Å²) < 4.78 is 7.52. The summed E-state index contributed by atoms with van der Waals surface area (Å²) in [6.45, 7) is 4.64. The van der Waals surface area contributed by atoms with Crippen molar-refractivity contribution in [2.45, 2.75) is 51.5 Å². The Labute approximate surface area is 129 Å². The van der Waals surface area contributed by atoms with Gasteiger partial charge in [-0.25, -0.2) is 9.97 Å². The zero-order valence-corrected chi connectivity index (χ0v) is 13.5. The van der Waals surface area contributed by atoms with Gasteiger partial charge in [0.15, 0.2) is 11.2 Å². The van der Waals surface area contributed by atoms with E-state index >= 15 is 0 Å². The van der Waals surface area contributed by atoms with E-state index in [1.807, 2.05) is 0 Å². The number of rotatable bonds is 3. The third-order valence-corrected chi connectivity index (χ3v) is 4.83. The molecule has 2 aromatic rings. The van der Waals surface area contributed by atoms with Crippen molar-refractivity contribution < 1.29 is 4.74 Å². The van der Waals surface area contributed by atoms with E-state index in [9.17, 15) is 0 Å². The van der Waals surface area contributed by atoms with Crippen LogP contribution in [0.15, 0.2) is 6.33 Å². The van der Waals surface area contributed by atoms with Gasteiger partial charge in [0.1, 0.15) is 12.2 Å². The standard InChI is InChI=1S/C15H21ClN4O/c1-15(2)7-5-4-6-10(15)20-11(8-16)19-12-13(20)17-9-18-14(12)21-3/h9-10H,4-8H2,1-3H3. The first-order valence-corrected chi connectivity index (χ1v) is 7.93. The molecule has 1 aliphatic rings. The van der Waals surface area contributed by atoms with Crippen molar-refractivity contribution in [3.63, 3.8) is 0 Å². The van der Waals surface area contributed by atoms with Gasteiger partial charge in [-0.05, 0) is 18.3 Å². The highest BCUT2D eigenvalue weighted by Crippen LogP contribution is 2.45. The zero-order chi connectivity index (χ0) is 15.0. The lowest BCUT2D eigenvalue weighted by molar-refractivity contribution is 0.145. The molecule has 1 aliphatic carbocycles. The number of imidazole rings is 1. The van der Waals surface area contributed by atoms with Crippen LogP contribution in [0.2, 0.25) is 0 Å². The third-order valence-electron chi connectivity index (χ3n) is 4.59. The van der Waals surface area contributed by atoms with Gasteiger partial charge in [0.05, 0.1) is 13.0 Å². The molecule has 1 unspecified atom stereocenters. The van der Waals surface area contributed by atoms with Gasteiger partial charge >= 0.3 is 0 Å². The molecule has 2 heterocycles. The number of methoxy groups -OCH3 is 1. The fourth-order valence-electron chi connectivity index (χ4n) is 3.46. The van der Waals surface area contributed by atoms with Gasteiger partial charge in [-0.15, -0.1) is 11.6 Å². The predicted molar refractivity (Wildman–Crippen MR) is 82.7 cm³/mol. The van der Waals surface area contributed by atoms with Crippen LogP contribution in [-0.2, 0) is 5.88 Å². The highest BCUT2D eigenvalue weighted by atomic mass is 35.5. The minimum atomic E-state index is 0.213. The van der Waals surface area contributed by atoms with Crippen LogP contribution in [0.5, 0.6) is 5.88 Å². The molecule has 0 aliphatic heterocycles. The molecule has 0 radical (unpaired) electrons. The molecule has 6 heteroatoms. The molecule has 0 N–H and O–H groups in total. The topological polar surface area (TPSA) is 52.8 Å². The van der Waals surface area contributed by atoms with Crippen LogP contribution in [0.3, 0.4) is 0 Å². The first kappa shape index (κ1) is 14.6. The highest BCUT2D eigenvalue weighted by Gasteiger charge is 2.36. The molecule has 0 amide bonds. The molecule has 0 aromatic carbocycles. The molecule has 0 bridgehead atoms. The maximum Gasteiger partial charge on any atom is 0.245 e. The van der Waals surface area contributed by atoms with Crippen molar-refractivity contribution in [1.82, 2.24) is 19.5 Å². The van der Waals surface area contributed by atoms with Crippen LogP contribution >= 0.6 is 11.6 Å². The minimum Gasteiger partial charge on any atom is -0.479 e. The van der Waals surface area contributed by atoms with Gasteiger partial charge in [-0.3, -0.25) is 0 Å². The quantitative estimate of drug-likeness (QED) is 0.811. The van der Waals surface area contributed by atoms with Crippen LogP contribution in [0, 0.1) is 5.41 Å². The van der Waals surface area contributed by atoms with E-state index in [2.05, 4.69) is 33.4 Å². The lowest BCUT2D eigenvalue weighted by atomic mass is 9.73. The number of fused-ring (bicyclic) bond motifs is 1. The van der Waals surface area contributed by atoms with Gasteiger partial charge < -0.3 is 9.30 Å². The van der Waals surface area contributed by atoms with Gasteiger partial charge in [0.25, 0.3) is 0 Å². The van der Waals surface area contributed by atoms with E-state index in [0.717, 1.165) is 17.9 Å². The van der Waals surface area contributed by atoms with Gasteiger partial charge in [0.2, 0.25) is 5.88 Å². The average molecular weight is 309 g/mol. The zero-order valence-electron chi connectivity index (χ0n) is 12.8. The number of hydrogen-bond acceptors (Lipinski definition) is 4. The SMILES string of the molecule is COc1ncnc2c1nc(CCl)n2C1CCCCC1(C)C. The number of halogens is 1. The molecule has 3 rings (SSSR count). The second-order valence-corrected chi connectivity index (χ2v) is 6.60. The van der Waals surface area contributed by atoms with E-state index in [1.54, 1.807) is 7.11 Å². The van der Waals surface area contributed by atoms with Crippen LogP contribution in [0.4, 0.5) is 0 Å². The smallest absolute Gasteiger partial charge is 0.245 e. The van der Waals surface area contributed by atoms with Crippen LogP contribution < -0.4 is 4.74 Å². The number of ether oxygens (including phenoxy) is 1. The normalized spacial score (nSPS) is 21.6. The Morgan fingerprint density at radius 2 is 2.19 bits per heavy atom. The molecule has 0 spiro atoms. The van der Waals surface area contributed by atoms with Crippen molar-refractivity contribution in [3.8, 4) is 5.88 Å². The maximum atomic E-state index is 6.14. The summed E-state index contributed by atoms with van der Waals surface area (Å²) >= 11 is 6.14. The van der Waals surface area contributed by atoms with E-state index in [1.165, 1.54) is 25.6 Å². The van der Waals surface area contributed by atoms with E-state index in [0.29, 0.717) is 23.3 Å². The summed E-state index contributed by atoms with van der Waals surface area (Å²) in [7, 11) is 1.60. The second kappa shape index (κ2) is 5.44. The Morgan fingerprint density at radius 1 is 1.38 bits per heavy atom.